The number of para-hydroxylation sites is 1. The number of hydrogen-bond donors (Lipinski definition) is 1. The number of carbonyl (C=O) groups excluding carboxylic acids is 2. The number of pyridine rings is 1. The lowest BCUT2D eigenvalue weighted by Crippen LogP contribution is -2.50. The molecular formula is C33H28F3N3O4. The number of aliphatic hydroxyl groups excluding tert-OH is 1. The number of piperazine rings is 1. The molecule has 2 heterocycles. The summed E-state index contributed by atoms with van der Waals surface area (Å²) in [6.07, 6.45) is 1.69. The van der Waals surface area contributed by atoms with Gasteiger partial charge in [-0.3, -0.25) is 14.4 Å². The van der Waals surface area contributed by atoms with E-state index in [1.807, 2.05) is 30.3 Å². The average molecular weight is 588 g/mol. The monoisotopic (exact) mass is 587 g/mol. The molecule has 4 aromatic rings. The van der Waals surface area contributed by atoms with Crippen molar-refractivity contribution in [2.45, 2.75) is 13.0 Å². The molecule has 1 saturated heterocycles. The van der Waals surface area contributed by atoms with E-state index in [9.17, 15) is 32.7 Å². The quantitative estimate of drug-likeness (QED) is 0.183. The van der Waals surface area contributed by atoms with Gasteiger partial charge in [0.05, 0.1) is 12.1 Å². The molecule has 1 amide bonds. The van der Waals surface area contributed by atoms with E-state index >= 15 is 0 Å². The molecule has 0 atom stereocenters. The topological polar surface area (TPSA) is 82.8 Å². The van der Waals surface area contributed by atoms with Crippen LogP contribution in [0.4, 0.5) is 18.9 Å². The lowest BCUT2D eigenvalue weighted by atomic mass is 10.0. The SMILES string of the molecule is O=C(C=C(O)c1cc(Cc2c(F)cccc2F)cn(Cc2ccccc2F)c1=O)C(=O)N1CCN(c2ccccc2)CC1. The van der Waals surface area contributed by atoms with Crippen LogP contribution in [0.2, 0.25) is 0 Å². The molecule has 43 heavy (non-hydrogen) atoms. The summed E-state index contributed by atoms with van der Waals surface area (Å²) in [5.41, 5.74) is -0.0545. The van der Waals surface area contributed by atoms with Crippen molar-refractivity contribution >= 4 is 23.1 Å². The molecule has 220 valence electrons. The number of nitrogens with zero attached hydrogens (tertiary/aromatic N) is 3. The van der Waals surface area contributed by atoms with Gasteiger partial charge in [0.1, 0.15) is 23.2 Å². The molecule has 1 fully saturated rings. The summed E-state index contributed by atoms with van der Waals surface area (Å²) in [7, 11) is 0. The maximum Gasteiger partial charge on any atom is 0.294 e. The fourth-order valence-corrected chi connectivity index (χ4v) is 5.04. The maximum atomic E-state index is 14.4. The molecule has 0 radical (unpaired) electrons. The number of rotatable bonds is 8. The van der Waals surface area contributed by atoms with Crippen molar-refractivity contribution in [3.05, 3.63) is 141 Å². The van der Waals surface area contributed by atoms with E-state index in [1.165, 1.54) is 41.4 Å². The minimum atomic E-state index is -1.03. The zero-order valence-corrected chi connectivity index (χ0v) is 23.1. The number of aromatic nitrogens is 1. The number of anilines is 1. The molecule has 1 N–H and O–H groups in total. The van der Waals surface area contributed by atoms with Crippen LogP contribution in [-0.4, -0.2) is 52.4 Å². The van der Waals surface area contributed by atoms with Crippen LogP contribution in [0.3, 0.4) is 0 Å². The molecule has 5 rings (SSSR count). The van der Waals surface area contributed by atoms with Crippen molar-refractivity contribution < 1.29 is 27.9 Å². The lowest BCUT2D eigenvalue weighted by molar-refractivity contribution is -0.142. The molecule has 1 aromatic heterocycles. The minimum Gasteiger partial charge on any atom is -0.507 e. The second-order valence-electron chi connectivity index (χ2n) is 10.2. The third-order valence-electron chi connectivity index (χ3n) is 7.33. The molecule has 0 saturated carbocycles. The molecular weight excluding hydrogens is 559 g/mol. The van der Waals surface area contributed by atoms with Crippen molar-refractivity contribution in [2.24, 2.45) is 0 Å². The molecule has 0 aliphatic carbocycles. The van der Waals surface area contributed by atoms with Gasteiger partial charge in [-0.05, 0) is 42.0 Å². The van der Waals surface area contributed by atoms with Gasteiger partial charge in [-0.15, -0.1) is 0 Å². The van der Waals surface area contributed by atoms with Crippen molar-refractivity contribution in [2.75, 3.05) is 31.1 Å². The zero-order valence-electron chi connectivity index (χ0n) is 23.1. The Kier molecular flexibility index (Phi) is 8.75. The Hall–Kier alpha value is -5.12. The van der Waals surface area contributed by atoms with Crippen LogP contribution < -0.4 is 10.5 Å². The van der Waals surface area contributed by atoms with E-state index in [1.54, 1.807) is 6.07 Å². The second-order valence-corrected chi connectivity index (χ2v) is 10.2. The Morgan fingerprint density at radius 3 is 2.12 bits per heavy atom. The molecule has 0 bridgehead atoms. The second kappa shape index (κ2) is 12.8. The van der Waals surface area contributed by atoms with Crippen molar-refractivity contribution in [3.8, 4) is 0 Å². The number of amides is 1. The van der Waals surface area contributed by atoms with Gasteiger partial charge in [-0.25, -0.2) is 13.2 Å². The number of aliphatic hydroxyl groups is 1. The smallest absolute Gasteiger partial charge is 0.294 e. The summed E-state index contributed by atoms with van der Waals surface area (Å²) in [5.74, 6) is -4.84. The minimum absolute atomic E-state index is 0.161. The number of benzene rings is 3. The highest BCUT2D eigenvalue weighted by atomic mass is 19.1. The van der Waals surface area contributed by atoms with E-state index in [0.717, 1.165) is 22.4 Å². The van der Waals surface area contributed by atoms with Gasteiger partial charge in [0, 0.05) is 61.7 Å². The number of carbonyl (C=O) groups is 2. The number of ketones is 1. The lowest BCUT2D eigenvalue weighted by Gasteiger charge is -2.35. The van der Waals surface area contributed by atoms with Crippen LogP contribution in [0, 0.1) is 17.5 Å². The van der Waals surface area contributed by atoms with Gasteiger partial charge in [0.15, 0.2) is 0 Å². The van der Waals surface area contributed by atoms with Gasteiger partial charge < -0.3 is 19.5 Å². The third kappa shape index (κ3) is 6.69. The number of hydrogen-bond acceptors (Lipinski definition) is 5. The fraction of sp³-hybridized carbons (Fsp3) is 0.182. The first-order valence-corrected chi connectivity index (χ1v) is 13.6. The summed E-state index contributed by atoms with van der Waals surface area (Å²) in [6.45, 7) is 1.33. The summed E-state index contributed by atoms with van der Waals surface area (Å²) >= 11 is 0. The van der Waals surface area contributed by atoms with E-state index in [2.05, 4.69) is 4.90 Å². The molecule has 0 unspecified atom stereocenters. The predicted molar refractivity (Wildman–Crippen MR) is 156 cm³/mol. The molecule has 0 spiro atoms. The highest BCUT2D eigenvalue weighted by molar-refractivity contribution is 6.41. The Labute approximate surface area is 245 Å². The average Bonchev–Trinajstić information content (AvgIpc) is 3.01. The van der Waals surface area contributed by atoms with E-state index in [-0.39, 0.29) is 48.3 Å². The van der Waals surface area contributed by atoms with Crippen LogP contribution in [0.15, 0.2) is 95.9 Å². The first kappa shape index (κ1) is 29.4. The van der Waals surface area contributed by atoms with Crippen molar-refractivity contribution in [3.63, 3.8) is 0 Å². The van der Waals surface area contributed by atoms with E-state index < -0.39 is 40.5 Å². The predicted octanol–water partition coefficient (Wildman–Crippen LogP) is 4.72. The van der Waals surface area contributed by atoms with Gasteiger partial charge in [-0.2, -0.15) is 0 Å². The van der Waals surface area contributed by atoms with Crippen molar-refractivity contribution in [1.29, 1.82) is 0 Å². The largest absolute Gasteiger partial charge is 0.507 e. The van der Waals surface area contributed by atoms with Gasteiger partial charge in [0.25, 0.3) is 11.5 Å². The van der Waals surface area contributed by atoms with Crippen LogP contribution in [0.5, 0.6) is 0 Å². The Morgan fingerprint density at radius 2 is 1.44 bits per heavy atom. The van der Waals surface area contributed by atoms with Crippen LogP contribution in [0.1, 0.15) is 22.3 Å². The van der Waals surface area contributed by atoms with E-state index in [4.69, 9.17) is 0 Å². The molecule has 7 nitrogen and oxygen atoms in total. The Morgan fingerprint density at radius 1 is 0.814 bits per heavy atom. The van der Waals surface area contributed by atoms with Crippen LogP contribution in [-0.2, 0) is 22.6 Å². The molecule has 1 aliphatic rings. The molecule has 3 aromatic carbocycles. The summed E-state index contributed by atoms with van der Waals surface area (Å²) in [4.78, 5) is 42.6. The summed E-state index contributed by atoms with van der Waals surface area (Å²) in [5, 5.41) is 10.9. The molecule has 10 heteroatoms. The fourth-order valence-electron chi connectivity index (χ4n) is 5.04. The standard InChI is InChI=1S/C33H28F3N3O4/c34-27-10-5-4-7-23(27)21-39-20-22(17-25-28(35)11-6-12-29(25)36)18-26(32(39)42)30(40)19-31(41)33(43)38-15-13-37(14-16-38)24-8-2-1-3-9-24/h1-12,18-20,40H,13-17,21H2. The van der Waals surface area contributed by atoms with Gasteiger partial charge >= 0.3 is 0 Å². The number of halogens is 3. The van der Waals surface area contributed by atoms with Gasteiger partial charge in [-0.1, -0.05) is 42.5 Å². The maximum absolute atomic E-state index is 14.4. The van der Waals surface area contributed by atoms with Gasteiger partial charge in [0.2, 0.25) is 5.78 Å². The zero-order chi connectivity index (χ0) is 30.5. The Bertz CT molecular complexity index is 1730. The summed E-state index contributed by atoms with van der Waals surface area (Å²) < 4.78 is 44.3. The highest BCUT2D eigenvalue weighted by Gasteiger charge is 2.26. The first-order chi connectivity index (χ1) is 20.7. The van der Waals surface area contributed by atoms with Crippen LogP contribution >= 0.6 is 0 Å². The third-order valence-corrected chi connectivity index (χ3v) is 7.33. The highest BCUT2D eigenvalue weighted by Crippen LogP contribution is 2.20. The first-order valence-electron chi connectivity index (χ1n) is 13.6. The Balaban J connectivity index is 1.41. The van der Waals surface area contributed by atoms with Crippen LogP contribution in [0.25, 0.3) is 5.76 Å². The summed E-state index contributed by atoms with van der Waals surface area (Å²) in [6, 6.07) is 20.0. The molecule has 1 aliphatic heterocycles. The van der Waals surface area contributed by atoms with E-state index in [0.29, 0.717) is 19.2 Å². The normalized spacial score (nSPS) is 13.7. The van der Waals surface area contributed by atoms with Crippen molar-refractivity contribution in [1.82, 2.24) is 9.47 Å².